The van der Waals surface area contributed by atoms with Crippen LogP contribution in [0, 0.1) is 17.6 Å². The molecule has 0 spiro atoms. The molecule has 4 heteroatoms. The number of halogens is 3. The van der Waals surface area contributed by atoms with Gasteiger partial charge in [0, 0.05) is 17.1 Å². The lowest BCUT2D eigenvalue weighted by molar-refractivity contribution is 0.345. The van der Waals surface area contributed by atoms with Crippen molar-refractivity contribution in [3.8, 4) is 0 Å². The fourth-order valence-electron chi connectivity index (χ4n) is 2.59. The molecule has 2 rings (SSSR count). The number of anilines is 1. The first kappa shape index (κ1) is 13.8. The largest absolute Gasteiger partial charge is 0.382 e. The second-order valence-corrected chi connectivity index (χ2v) is 5.82. The van der Waals surface area contributed by atoms with Crippen LogP contribution in [0.3, 0.4) is 0 Å². The number of benzene rings is 1. The van der Waals surface area contributed by atoms with Gasteiger partial charge in [0.15, 0.2) is 0 Å². The van der Waals surface area contributed by atoms with Crippen LogP contribution in [0.25, 0.3) is 0 Å². The summed E-state index contributed by atoms with van der Waals surface area (Å²) in [6.45, 7) is 0.742. The van der Waals surface area contributed by atoms with E-state index in [1.54, 1.807) is 0 Å². The summed E-state index contributed by atoms with van der Waals surface area (Å²) < 4.78 is 26.9. The van der Waals surface area contributed by atoms with E-state index in [2.05, 4.69) is 21.2 Å². The minimum atomic E-state index is -0.558. The van der Waals surface area contributed by atoms with E-state index in [1.807, 2.05) is 0 Å². The van der Waals surface area contributed by atoms with E-state index in [0.29, 0.717) is 10.2 Å². The third-order valence-electron chi connectivity index (χ3n) is 3.59. The summed E-state index contributed by atoms with van der Waals surface area (Å²) in [7, 11) is 0. The topological polar surface area (TPSA) is 12.0 Å². The van der Waals surface area contributed by atoms with Gasteiger partial charge in [-0.25, -0.2) is 8.78 Å². The summed E-state index contributed by atoms with van der Waals surface area (Å²) in [5.41, 5.74) is 0.368. The summed E-state index contributed by atoms with van der Waals surface area (Å²) in [6.07, 6.45) is 7.62. The number of hydrogen-bond acceptors (Lipinski definition) is 1. The zero-order valence-corrected chi connectivity index (χ0v) is 11.9. The van der Waals surface area contributed by atoms with Crippen LogP contribution in [0.1, 0.15) is 38.5 Å². The van der Waals surface area contributed by atoms with Gasteiger partial charge < -0.3 is 5.32 Å². The first-order chi connectivity index (χ1) is 8.66. The standard InChI is InChI=1S/C14H18BrF2N/c15-12-8-11(16)9-13(17)14(12)18-7-6-10-4-2-1-3-5-10/h8-10,18H,1-7H2. The Kier molecular flexibility index (Phi) is 4.98. The van der Waals surface area contributed by atoms with Crippen LogP contribution < -0.4 is 5.32 Å². The highest BCUT2D eigenvalue weighted by atomic mass is 79.9. The molecular formula is C14H18BrF2N. The van der Waals surface area contributed by atoms with Crippen molar-refractivity contribution < 1.29 is 8.78 Å². The Bertz CT molecular complexity index is 380. The lowest BCUT2D eigenvalue weighted by atomic mass is 9.87. The van der Waals surface area contributed by atoms with E-state index < -0.39 is 11.6 Å². The lowest BCUT2D eigenvalue weighted by Gasteiger charge is -2.21. The third-order valence-corrected chi connectivity index (χ3v) is 4.21. The van der Waals surface area contributed by atoms with E-state index in [0.717, 1.165) is 24.9 Å². The molecule has 1 saturated carbocycles. The van der Waals surface area contributed by atoms with Gasteiger partial charge in [-0.3, -0.25) is 0 Å². The SMILES string of the molecule is Fc1cc(F)c(NCCC2CCCCC2)c(Br)c1. The van der Waals surface area contributed by atoms with Crippen LogP contribution in [-0.4, -0.2) is 6.54 Å². The molecule has 1 aliphatic rings. The van der Waals surface area contributed by atoms with Crippen molar-refractivity contribution in [1.82, 2.24) is 0 Å². The average molecular weight is 318 g/mol. The van der Waals surface area contributed by atoms with Gasteiger partial charge in [-0.1, -0.05) is 32.1 Å². The Hall–Kier alpha value is -0.640. The molecule has 100 valence electrons. The molecule has 0 radical (unpaired) electrons. The van der Waals surface area contributed by atoms with Crippen molar-refractivity contribution in [1.29, 1.82) is 0 Å². The fourth-order valence-corrected chi connectivity index (χ4v) is 3.14. The molecule has 18 heavy (non-hydrogen) atoms. The molecule has 1 fully saturated rings. The molecule has 0 atom stereocenters. The molecule has 0 heterocycles. The number of nitrogens with one attached hydrogen (secondary N) is 1. The Morgan fingerprint density at radius 2 is 1.89 bits per heavy atom. The molecular weight excluding hydrogens is 300 g/mol. The molecule has 0 aromatic heterocycles. The molecule has 0 aliphatic heterocycles. The molecule has 1 aliphatic carbocycles. The van der Waals surface area contributed by atoms with Gasteiger partial charge in [0.1, 0.15) is 11.6 Å². The maximum Gasteiger partial charge on any atom is 0.150 e. The molecule has 1 aromatic carbocycles. The lowest BCUT2D eigenvalue weighted by Crippen LogP contribution is -2.13. The first-order valence-corrected chi connectivity index (χ1v) is 7.34. The second kappa shape index (κ2) is 6.50. The van der Waals surface area contributed by atoms with Crippen molar-refractivity contribution >= 4 is 21.6 Å². The summed E-state index contributed by atoms with van der Waals surface area (Å²) in [6, 6.07) is 2.19. The summed E-state index contributed by atoms with van der Waals surface area (Å²) in [4.78, 5) is 0. The van der Waals surface area contributed by atoms with E-state index >= 15 is 0 Å². The van der Waals surface area contributed by atoms with Gasteiger partial charge in [-0.15, -0.1) is 0 Å². The molecule has 0 saturated heterocycles. The van der Waals surface area contributed by atoms with Gasteiger partial charge >= 0.3 is 0 Å². The Morgan fingerprint density at radius 1 is 1.17 bits per heavy atom. The van der Waals surface area contributed by atoms with Crippen LogP contribution in [0.5, 0.6) is 0 Å². The minimum absolute atomic E-state index is 0.368. The van der Waals surface area contributed by atoms with Gasteiger partial charge in [0.2, 0.25) is 0 Å². The Labute approximate surface area is 115 Å². The first-order valence-electron chi connectivity index (χ1n) is 6.55. The van der Waals surface area contributed by atoms with Crippen LogP contribution in [0.15, 0.2) is 16.6 Å². The van der Waals surface area contributed by atoms with E-state index in [9.17, 15) is 8.78 Å². The van der Waals surface area contributed by atoms with Crippen molar-refractivity contribution in [2.75, 3.05) is 11.9 Å². The highest BCUT2D eigenvalue weighted by molar-refractivity contribution is 9.10. The third kappa shape index (κ3) is 3.67. The van der Waals surface area contributed by atoms with Crippen LogP contribution >= 0.6 is 15.9 Å². The quantitative estimate of drug-likeness (QED) is 0.813. The van der Waals surface area contributed by atoms with Crippen LogP contribution in [-0.2, 0) is 0 Å². The van der Waals surface area contributed by atoms with Crippen LogP contribution in [0.2, 0.25) is 0 Å². The van der Waals surface area contributed by atoms with E-state index in [-0.39, 0.29) is 0 Å². The molecule has 1 N–H and O–H groups in total. The molecule has 0 amide bonds. The number of hydrogen-bond donors (Lipinski definition) is 1. The zero-order chi connectivity index (χ0) is 13.0. The van der Waals surface area contributed by atoms with E-state index in [4.69, 9.17) is 0 Å². The van der Waals surface area contributed by atoms with Crippen molar-refractivity contribution in [3.63, 3.8) is 0 Å². The van der Waals surface area contributed by atoms with Gasteiger partial charge in [0.05, 0.1) is 5.69 Å². The van der Waals surface area contributed by atoms with E-state index in [1.165, 1.54) is 38.2 Å². The zero-order valence-electron chi connectivity index (χ0n) is 10.3. The normalized spacial score (nSPS) is 16.8. The van der Waals surface area contributed by atoms with Crippen LogP contribution in [0.4, 0.5) is 14.5 Å². The summed E-state index contributed by atoms with van der Waals surface area (Å²) in [5, 5.41) is 3.07. The summed E-state index contributed by atoms with van der Waals surface area (Å²) >= 11 is 3.18. The minimum Gasteiger partial charge on any atom is -0.382 e. The molecule has 1 nitrogen and oxygen atoms in total. The van der Waals surface area contributed by atoms with Gasteiger partial charge in [-0.2, -0.15) is 0 Å². The average Bonchev–Trinajstić information content (AvgIpc) is 2.34. The predicted octanol–water partition coefficient (Wildman–Crippen LogP) is 5.11. The predicted molar refractivity (Wildman–Crippen MR) is 73.7 cm³/mol. The second-order valence-electron chi connectivity index (χ2n) is 4.96. The molecule has 0 bridgehead atoms. The smallest absolute Gasteiger partial charge is 0.150 e. The summed E-state index contributed by atoms with van der Waals surface area (Å²) in [5.74, 6) is -0.337. The number of rotatable bonds is 4. The fraction of sp³-hybridized carbons (Fsp3) is 0.571. The highest BCUT2D eigenvalue weighted by Crippen LogP contribution is 2.29. The van der Waals surface area contributed by atoms with Crippen molar-refractivity contribution in [2.24, 2.45) is 5.92 Å². The monoisotopic (exact) mass is 317 g/mol. The van der Waals surface area contributed by atoms with Crippen molar-refractivity contribution in [2.45, 2.75) is 38.5 Å². The van der Waals surface area contributed by atoms with Gasteiger partial charge in [0.25, 0.3) is 0 Å². The highest BCUT2D eigenvalue weighted by Gasteiger charge is 2.14. The maximum atomic E-state index is 13.5. The Morgan fingerprint density at radius 3 is 2.56 bits per heavy atom. The Balaban J connectivity index is 1.86. The van der Waals surface area contributed by atoms with Crippen molar-refractivity contribution in [3.05, 3.63) is 28.2 Å². The maximum absolute atomic E-state index is 13.5. The molecule has 1 aromatic rings. The molecule has 0 unspecified atom stereocenters. The van der Waals surface area contributed by atoms with Gasteiger partial charge in [-0.05, 0) is 34.3 Å².